The van der Waals surface area contributed by atoms with E-state index in [9.17, 15) is 4.79 Å². The first-order valence-corrected chi connectivity index (χ1v) is 7.17. The lowest BCUT2D eigenvalue weighted by atomic mass is 9.84. The molecule has 0 fully saturated rings. The van der Waals surface area contributed by atoms with Gasteiger partial charge in [0.1, 0.15) is 0 Å². The lowest BCUT2D eigenvalue weighted by Gasteiger charge is -2.29. The zero-order valence-corrected chi connectivity index (χ0v) is 13.1. The summed E-state index contributed by atoms with van der Waals surface area (Å²) in [7, 11) is 0. The minimum atomic E-state index is 0.269. The monoisotopic (exact) mass is 256 g/mol. The zero-order chi connectivity index (χ0) is 14.3. The molecule has 0 heterocycles. The van der Waals surface area contributed by atoms with Crippen LogP contribution in [0.25, 0.3) is 0 Å². The van der Waals surface area contributed by atoms with Crippen LogP contribution in [0.4, 0.5) is 0 Å². The van der Waals surface area contributed by atoms with Crippen molar-refractivity contribution in [2.45, 2.75) is 66.8 Å². The van der Waals surface area contributed by atoms with Crippen LogP contribution >= 0.6 is 0 Å². The molecule has 0 bridgehead atoms. The second kappa shape index (κ2) is 7.78. The molecular formula is C15H32N2O. The Labute approximate surface area is 113 Å². The average molecular weight is 256 g/mol. The minimum Gasteiger partial charge on any atom is -0.340 e. The fraction of sp³-hybridized carbons (Fsp3) is 0.933. The van der Waals surface area contributed by atoms with E-state index in [1.165, 1.54) is 0 Å². The molecule has 0 saturated carbocycles. The van der Waals surface area contributed by atoms with Crippen molar-refractivity contribution < 1.29 is 4.79 Å². The summed E-state index contributed by atoms with van der Waals surface area (Å²) in [4.78, 5) is 14.2. The maximum absolute atomic E-state index is 12.3. The Morgan fingerprint density at radius 2 is 1.78 bits per heavy atom. The number of amides is 1. The number of carbonyl (C=O) groups is 1. The lowest BCUT2D eigenvalue weighted by molar-refractivity contribution is -0.134. The molecular weight excluding hydrogens is 224 g/mol. The Bertz CT molecular complexity index is 243. The Morgan fingerprint density at radius 3 is 2.17 bits per heavy atom. The molecule has 108 valence electrons. The van der Waals surface area contributed by atoms with Gasteiger partial charge in [0.05, 0.1) is 0 Å². The van der Waals surface area contributed by atoms with Crippen molar-refractivity contribution >= 4 is 5.91 Å². The number of hydrogen-bond donors (Lipinski definition) is 1. The summed E-state index contributed by atoms with van der Waals surface area (Å²) in [5.74, 6) is 0.715. The molecule has 1 atom stereocenters. The molecule has 0 aromatic rings. The topological polar surface area (TPSA) is 46.3 Å². The Balaban J connectivity index is 4.33. The molecule has 0 aliphatic heterocycles. The van der Waals surface area contributed by atoms with Crippen LogP contribution < -0.4 is 5.73 Å². The standard InChI is InChI=1S/C15H32N2O/c1-12(2)17(9-7-8-16)14(18)10-13(3)11-15(4,5)6/h12-13H,7-11,16H2,1-6H3. The van der Waals surface area contributed by atoms with E-state index >= 15 is 0 Å². The van der Waals surface area contributed by atoms with Crippen molar-refractivity contribution in [3.63, 3.8) is 0 Å². The van der Waals surface area contributed by atoms with Gasteiger partial charge in [0.25, 0.3) is 0 Å². The van der Waals surface area contributed by atoms with Crippen molar-refractivity contribution in [3.8, 4) is 0 Å². The fourth-order valence-electron chi connectivity index (χ4n) is 2.47. The third-order valence-electron chi connectivity index (χ3n) is 3.03. The molecule has 1 amide bonds. The molecule has 0 aliphatic rings. The summed E-state index contributed by atoms with van der Waals surface area (Å²) in [5, 5.41) is 0. The molecule has 0 saturated heterocycles. The third kappa shape index (κ3) is 7.70. The third-order valence-corrected chi connectivity index (χ3v) is 3.03. The van der Waals surface area contributed by atoms with E-state index in [2.05, 4.69) is 41.5 Å². The van der Waals surface area contributed by atoms with Crippen LogP contribution in [0.5, 0.6) is 0 Å². The van der Waals surface area contributed by atoms with Gasteiger partial charge in [-0.2, -0.15) is 0 Å². The number of rotatable bonds is 7. The highest BCUT2D eigenvalue weighted by Crippen LogP contribution is 2.26. The number of carbonyl (C=O) groups excluding carboxylic acids is 1. The van der Waals surface area contributed by atoms with Gasteiger partial charge in [0, 0.05) is 19.0 Å². The first-order chi connectivity index (χ1) is 8.17. The van der Waals surface area contributed by atoms with E-state index in [4.69, 9.17) is 5.73 Å². The molecule has 18 heavy (non-hydrogen) atoms. The predicted molar refractivity (Wildman–Crippen MR) is 78.4 cm³/mol. The highest BCUT2D eigenvalue weighted by Gasteiger charge is 2.22. The molecule has 0 rings (SSSR count). The predicted octanol–water partition coefficient (Wildman–Crippen LogP) is 3.03. The number of nitrogens with zero attached hydrogens (tertiary/aromatic N) is 1. The van der Waals surface area contributed by atoms with Crippen LogP contribution in [0.2, 0.25) is 0 Å². The van der Waals surface area contributed by atoms with Gasteiger partial charge >= 0.3 is 0 Å². The Kier molecular flexibility index (Phi) is 7.53. The second-order valence-electron chi connectivity index (χ2n) is 6.90. The zero-order valence-electron chi connectivity index (χ0n) is 13.1. The van der Waals surface area contributed by atoms with Gasteiger partial charge in [-0.05, 0) is 44.6 Å². The lowest BCUT2D eigenvalue weighted by Crippen LogP contribution is -2.39. The molecule has 0 aliphatic carbocycles. The van der Waals surface area contributed by atoms with Crippen LogP contribution in [0.1, 0.15) is 60.8 Å². The van der Waals surface area contributed by atoms with Crippen LogP contribution in [0.3, 0.4) is 0 Å². The largest absolute Gasteiger partial charge is 0.340 e. The van der Waals surface area contributed by atoms with E-state index in [1.807, 2.05) is 4.90 Å². The molecule has 0 aromatic heterocycles. The molecule has 3 heteroatoms. The quantitative estimate of drug-likeness (QED) is 0.761. The maximum atomic E-state index is 12.3. The van der Waals surface area contributed by atoms with Gasteiger partial charge < -0.3 is 10.6 Å². The molecule has 0 spiro atoms. The van der Waals surface area contributed by atoms with Crippen LogP contribution in [0.15, 0.2) is 0 Å². The minimum absolute atomic E-state index is 0.269. The molecule has 0 aromatic carbocycles. The van der Waals surface area contributed by atoms with Gasteiger partial charge in [-0.1, -0.05) is 27.7 Å². The average Bonchev–Trinajstić information content (AvgIpc) is 2.14. The van der Waals surface area contributed by atoms with Crippen molar-refractivity contribution in [1.29, 1.82) is 0 Å². The summed E-state index contributed by atoms with van der Waals surface area (Å²) in [6.07, 6.45) is 2.62. The van der Waals surface area contributed by atoms with Crippen molar-refractivity contribution in [3.05, 3.63) is 0 Å². The molecule has 1 unspecified atom stereocenters. The van der Waals surface area contributed by atoms with Crippen molar-refractivity contribution in [2.75, 3.05) is 13.1 Å². The van der Waals surface area contributed by atoms with E-state index in [0.717, 1.165) is 19.4 Å². The van der Waals surface area contributed by atoms with Gasteiger partial charge in [-0.15, -0.1) is 0 Å². The first-order valence-electron chi connectivity index (χ1n) is 7.17. The number of nitrogens with two attached hydrogens (primary N) is 1. The Hall–Kier alpha value is -0.570. The summed E-state index contributed by atoms with van der Waals surface area (Å²) in [6.45, 7) is 14.4. The maximum Gasteiger partial charge on any atom is 0.223 e. The van der Waals surface area contributed by atoms with E-state index < -0.39 is 0 Å². The first kappa shape index (κ1) is 17.4. The Morgan fingerprint density at radius 1 is 1.22 bits per heavy atom. The van der Waals surface area contributed by atoms with E-state index in [-0.39, 0.29) is 11.9 Å². The van der Waals surface area contributed by atoms with Crippen LogP contribution in [-0.4, -0.2) is 29.9 Å². The van der Waals surface area contributed by atoms with Crippen LogP contribution in [-0.2, 0) is 4.79 Å². The highest BCUT2D eigenvalue weighted by molar-refractivity contribution is 5.76. The van der Waals surface area contributed by atoms with Crippen molar-refractivity contribution in [2.24, 2.45) is 17.1 Å². The van der Waals surface area contributed by atoms with Crippen LogP contribution in [0, 0.1) is 11.3 Å². The second-order valence-corrected chi connectivity index (χ2v) is 6.90. The van der Waals surface area contributed by atoms with Crippen molar-refractivity contribution in [1.82, 2.24) is 4.90 Å². The summed E-state index contributed by atoms with van der Waals surface area (Å²) < 4.78 is 0. The summed E-state index contributed by atoms with van der Waals surface area (Å²) >= 11 is 0. The summed E-state index contributed by atoms with van der Waals surface area (Å²) in [5.41, 5.74) is 5.81. The normalized spacial score (nSPS) is 13.8. The molecule has 2 N–H and O–H groups in total. The molecule has 3 nitrogen and oxygen atoms in total. The van der Waals surface area contributed by atoms with Gasteiger partial charge in [-0.25, -0.2) is 0 Å². The van der Waals surface area contributed by atoms with E-state index in [1.54, 1.807) is 0 Å². The van der Waals surface area contributed by atoms with Gasteiger partial charge in [0.2, 0.25) is 5.91 Å². The number of hydrogen-bond acceptors (Lipinski definition) is 2. The van der Waals surface area contributed by atoms with E-state index in [0.29, 0.717) is 24.3 Å². The summed E-state index contributed by atoms with van der Waals surface area (Å²) in [6, 6.07) is 0.269. The fourth-order valence-corrected chi connectivity index (χ4v) is 2.47. The molecule has 0 radical (unpaired) electrons. The van der Waals surface area contributed by atoms with Gasteiger partial charge in [-0.3, -0.25) is 4.79 Å². The SMILES string of the molecule is CC(CC(=O)N(CCCN)C(C)C)CC(C)(C)C. The highest BCUT2D eigenvalue weighted by atomic mass is 16.2. The smallest absolute Gasteiger partial charge is 0.223 e. The van der Waals surface area contributed by atoms with Gasteiger partial charge in [0.15, 0.2) is 0 Å².